The number of rotatable bonds is 3. The summed E-state index contributed by atoms with van der Waals surface area (Å²) < 4.78 is 0. The van der Waals surface area contributed by atoms with Gasteiger partial charge in [-0.25, -0.2) is 4.98 Å². The van der Waals surface area contributed by atoms with Crippen LogP contribution >= 0.6 is 0 Å². The van der Waals surface area contributed by atoms with Gasteiger partial charge in [0, 0.05) is 26.3 Å². The van der Waals surface area contributed by atoms with Crippen LogP contribution in [-0.4, -0.2) is 30.1 Å². The monoisotopic (exact) mass is 206 g/mol. The molecule has 1 aromatic rings. The standard InChI is InChI=1S/C11H18N4/c1-12-11-13-8-7-10(14-11)15(2)9-5-3-4-6-9/h7-9H,3-6H2,1-2H3,(H,12,13,14). The molecule has 1 saturated carbocycles. The lowest BCUT2D eigenvalue weighted by Gasteiger charge is -2.25. The van der Waals surface area contributed by atoms with Gasteiger partial charge >= 0.3 is 0 Å². The highest BCUT2D eigenvalue weighted by Crippen LogP contribution is 2.25. The Kier molecular flexibility index (Phi) is 3.04. The zero-order chi connectivity index (χ0) is 10.7. The molecular weight excluding hydrogens is 188 g/mol. The van der Waals surface area contributed by atoms with Crippen LogP contribution in [0.2, 0.25) is 0 Å². The molecular formula is C11H18N4. The fourth-order valence-electron chi connectivity index (χ4n) is 2.14. The number of anilines is 2. The quantitative estimate of drug-likeness (QED) is 0.820. The predicted molar refractivity (Wildman–Crippen MR) is 62.2 cm³/mol. The van der Waals surface area contributed by atoms with Crippen molar-refractivity contribution in [3.63, 3.8) is 0 Å². The van der Waals surface area contributed by atoms with Gasteiger partial charge in [-0.1, -0.05) is 12.8 Å². The van der Waals surface area contributed by atoms with Crippen LogP contribution in [0.3, 0.4) is 0 Å². The van der Waals surface area contributed by atoms with Crippen LogP contribution in [0.1, 0.15) is 25.7 Å². The molecule has 0 bridgehead atoms. The van der Waals surface area contributed by atoms with Crippen molar-refractivity contribution >= 4 is 11.8 Å². The zero-order valence-corrected chi connectivity index (χ0v) is 9.40. The molecule has 1 aliphatic rings. The maximum Gasteiger partial charge on any atom is 0.224 e. The van der Waals surface area contributed by atoms with Crippen molar-refractivity contribution in [2.75, 3.05) is 24.3 Å². The SMILES string of the molecule is CNc1nccc(N(C)C2CCCC2)n1. The first-order chi connectivity index (χ1) is 7.31. The summed E-state index contributed by atoms with van der Waals surface area (Å²) in [5.41, 5.74) is 0. The van der Waals surface area contributed by atoms with E-state index in [0.717, 1.165) is 5.82 Å². The van der Waals surface area contributed by atoms with E-state index in [1.165, 1.54) is 25.7 Å². The van der Waals surface area contributed by atoms with Crippen molar-refractivity contribution in [2.24, 2.45) is 0 Å². The van der Waals surface area contributed by atoms with Gasteiger partial charge in [0.1, 0.15) is 5.82 Å². The average molecular weight is 206 g/mol. The highest BCUT2D eigenvalue weighted by Gasteiger charge is 2.20. The molecule has 1 N–H and O–H groups in total. The van der Waals surface area contributed by atoms with Gasteiger partial charge in [-0.15, -0.1) is 0 Å². The van der Waals surface area contributed by atoms with E-state index in [2.05, 4.69) is 27.2 Å². The van der Waals surface area contributed by atoms with Gasteiger partial charge in [-0.05, 0) is 18.9 Å². The van der Waals surface area contributed by atoms with Crippen LogP contribution < -0.4 is 10.2 Å². The summed E-state index contributed by atoms with van der Waals surface area (Å²) >= 11 is 0. The van der Waals surface area contributed by atoms with E-state index in [9.17, 15) is 0 Å². The third-order valence-corrected chi connectivity index (χ3v) is 3.10. The summed E-state index contributed by atoms with van der Waals surface area (Å²) in [5, 5.41) is 2.96. The second-order valence-electron chi connectivity index (χ2n) is 4.04. The molecule has 0 amide bonds. The lowest BCUT2D eigenvalue weighted by atomic mass is 10.2. The Labute approximate surface area is 90.7 Å². The highest BCUT2D eigenvalue weighted by atomic mass is 15.2. The summed E-state index contributed by atoms with van der Waals surface area (Å²) in [4.78, 5) is 10.8. The van der Waals surface area contributed by atoms with E-state index >= 15 is 0 Å². The minimum Gasteiger partial charge on any atom is -0.357 e. The topological polar surface area (TPSA) is 41.1 Å². The largest absolute Gasteiger partial charge is 0.357 e. The Morgan fingerprint density at radius 1 is 1.40 bits per heavy atom. The van der Waals surface area contributed by atoms with E-state index < -0.39 is 0 Å². The van der Waals surface area contributed by atoms with Gasteiger partial charge in [0.25, 0.3) is 0 Å². The summed E-state index contributed by atoms with van der Waals surface area (Å²) in [6.07, 6.45) is 7.07. The van der Waals surface area contributed by atoms with Crippen LogP contribution in [0.15, 0.2) is 12.3 Å². The Morgan fingerprint density at radius 3 is 2.80 bits per heavy atom. The van der Waals surface area contributed by atoms with Crippen molar-refractivity contribution in [3.05, 3.63) is 12.3 Å². The van der Waals surface area contributed by atoms with Crippen molar-refractivity contribution in [2.45, 2.75) is 31.7 Å². The number of aromatic nitrogens is 2. The molecule has 0 aromatic carbocycles. The predicted octanol–water partition coefficient (Wildman–Crippen LogP) is 1.90. The van der Waals surface area contributed by atoms with Gasteiger partial charge in [-0.3, -0.25) is 0 Å². The van der Waals surface area contributed by atoms with Gasteiger partial charge in [0.05, 0.1) is 0 Å². The van der Waals surface area contributed by atoms with E-state index in [1.54, 1.807) is 6.20 Å². The molecule has 0 radical (unpaired) electrons. The number of nitrogens with zero attached hydrogens (tertiary/aromatic N) is 3. The lowest BCUT2D eigenvalue weighted by molar-refractivity contribution is 0.646. The normalized spacial score (nSPS) is 16.7. The highest BCUT2D eigenvalue weighted by molar-refractivity contribution is 5.42. The van der Waals surface area contributed by atoms with E-state index in [1.807, 2.05) is 13.1 Å². The lowest BCUT2D eigenvalue weighted by Crippen LogP contribution is -2.29. The van der Waals surface area contributed by atoms with E-state index in [-0.39, 0.29) is 0 Å². The first-order valence-electron chi connectivity index (χ1n) is 5.55. The van der Waals surface area contributed by atoms with Crippen LogP contribution in [-0.2, 0) is 0 Å². The minimum absolute atomic E-state index is 0.657. The van der Waals surface area contributed by atoms with Crippen LogP contribution in [0.4, 0.5) is 11.8 Å². The Bertz CT molecular complexity index is 320. The van der Waals surface area contributed by atoms with Gasteiger partial charge < -0.3 is 10.2 Å². The molecule has 1 fully saturated rings. The van der Waals surface area contributed by atoms with Crippen LogP contribution in [0.25, 0.3) is 0 Å². The molecule has 0 saturated heterocycles. The van der Waals surface area contributed by atoms with Crippen molar-refractivity contribution < 1.29 is 0 Å². The third kappa shape index (κ3) is 2.19. The van der Waals surface area contributed by atoms with E-state index in [4.69, 9.17) is 0 Å². The van der Waals surface area contributed by atoms with Crippen molar-refractivity contribution in [3.8, 4) is 0 Å². The molecule has 0 atom stereocenters. The molecule has 1 heterocycles. The number of nitrogens with one attached hydrogen (secondary N) is 1. The third-order valence-electron chi connectivity index (χ3n) is 3.10. The van der Waals surface area contributed by atoms with Crippen molar-refractivity contribution in [1.82, 2.24) is 9.97 Å². The summed E-state index contributed by atoms with van der Waals surface area (Å²) in [6, 6.07) is 2.63. The van der Waals surface area contributed by atoms with Gasteiger partial charge in [-0.2, -0.15) is 4.98 Å². The van der Waals surface area contributed by atoms with Crippen molar-refractivity contribution in [1.29, 1.82) is 0 Å². The maximum absolute atomic E-state index is 4.44. The van der Waals surface area contributed by atoms with Crippen LogP contribution in [0.5, 0.6) is 0 Å². The molecule has 0 unspecified atom stereocenters. The summed E-state index contributed by atoms with van der Waals surface area (Å²) in [6.45, 7) is 0. The molecule has 2 rings (SSSR count). The Morgan fingerprint density at radius 2 is 2.13 bits per heavy atom. The molecule has 1 aliphatic carbocycles. The van der Waals surface area contributed by atoms with E-state index in [0.29, 0.717) is 12.0 Å². The summed E-state index contributed by atoms with van der Waals surface area (Å²) in [7, 11) is 3.96. The van der Waals surface area contributed by atoms with Crippen LogP contribution in [0, 0.1) is 0 Å². The summed E-state index contributed by atoms with van der Waals surface area (Å²) in [5.74, 6) is 1.71. The molecule has 15 heavy (non-hydrogen) atoms. The molecule has 4 heteroatoms. The number of hydrogen-bond acceptors (Lipinski definition) is 4. The minimum atomic E-state index is 0.657. The first-order valence-corrected chi connectivity index (χ1v) is 5.55. The molecule has 0 aliphatic heterocycles. The second-order valence-corrected chi connectivity index (χ2v) is 4.04. The van der Waals surface area contributed by atoms with Gasteiger partial charge in [0.15, 0.2) is 0 Å². The van der Waals surface area contributed by atoms with Gasteiger partial charge in [0.2, 0.25) is 5.95 Å². The Hall–Kier alpha value is -1.32. The molecule has 82 valence electrons. The maximum atomic E-state index is 4.44. The second kappa shape index (κ2) is 4.47. The number of hydrogen-bond donors (Lipinski definition) is 1. The smallest absolute Gasteiger partial charge is 0.224 e. The average Bonchev–Trinajstić information content (AvgIpc) is 2.81. The fraction of sp³-hybridized carbons (Fsp3) is 0.636. The molecule has 0 spiro atoms. The fourth-order valence-corrected chi connectivity index (χ4v) is 2.14. The zero-order valence-electron chi connectivity index (χ0n) is 9.40. The Balaban J connectivity index is 2.13. The molecule has 4 nitrogen and oxygen atoms in total. The molecule has 1 aromatic heterocycles. The first kappa shape index (κ1) is 10.2.